The zero-order valence-corrected chi connectivity index (χ0v) is 8.23. The summed E-state index contributed by atoms with van der Waals surface area (Å²) in [6, 6.07) is 8.23. The average Bonchev–Trinajstić information content (AvgIpc) is 2.08. The van der Waals surface area contributed by atoms with Crippen LogP contribution in [0.1, 0.15) is 18.1 Å². The quantitative estimate of drug-likeness (QED) is 0.638. The first-order valence-corrected chi connectivity index (χ1v) is 4.56. The van der Waals surface area contributed by atoms with E-state index in [1.807, 2.05) is 6.92 Å². The molecule has 1 aromatic rings. The summed E-state index contributed by atoms with van der Waals surface area (Å²) < 4.78 is 0. The molecule has 2 nitrogen and oxygen atoms in total. The summed E-state index contributed by atoms with van der Waals surface area (Å²) >= 11 is 1.13. The Balaban J connectivity index is 3.10. The van der Waals surface area contributed by atoms with Gasteiger partial charge in [0, 0.05) is 11.8 Å². The maximum Gasteiger partial charge on any atom is 0.190 e. The van der Waals surface area contributed by atoms with Crippen LogP contribution in [0.4, 0.5) is 0 Å². The van der Waals surface area contributed by atoms with Crippen molar-refractivity contribution in [1.82, 2.24) is 0 Å². The molecular formula is C10H8NOS. The number of hydrogen-bond acceptors (Lipinski definition) is 3. The minimum absolute atomic E-state index is 0.0200. The van der Waals surface area contributed by atoms with Gasteiger partial charge in [0.25, 0.3) is 0 Å². The van der Waals surface area contributed by atoms with Crippen LogP contribution in [0.15, 0.2) is 17.0 Å². The van der Waals surface area contributed by atoms with Crippen molar-refractivity contribution >= 4 is 16.9 Å². The molecule has 0 atom stereocenters. The Kier molecular flexibility index (Phi) is 3.10. The van der Waals surface area contributed by atoms with E-state index < -0.39 is 0 Å². The third kappa shape index (κ3) is 2.33. The predicted octanol–water partition coefficient (Wildman–Crippen LogP) is 2.31. The largest absolute Gasteiger partial charge is 0.287 e. The summed E-state index contributed by atoms with van der Waals surface area (Å²) in [5.41, 5.74) is 1.42. The predicted molar refractivity (Wildman–Crippen MR) is 51.3 cm³/mol. The molecule has 0 heterocycles. The van der Waals surface area contributed by atoms with Crippen LogP contribution in [0.3, 0.4) is 0 Å². The van der Waals surface area contributed by atoms with Crippen LogP contribution < -0.4 is 0 Å². The Bertz CT molecular complexity index is 379. The van der Waals surface area contributed by atoms with Gasteiger partial charge in [-0.15, -0.1) is 0 Å². The molecule has 65 valence electrons. The van der Waals surface area contributed by atoms with Gasteiger partial charge in [0.2, 0.25) is 0 Å². The number of thioether (sulfide) groups is 1. The second kappa shape index (κ2) is 4.11. The highest BCUT2D eigenvalue weighted by atomic mass is 32.2. The van der Waals surface area contributed by atoms with E-state index in [0.717, 1.165) is 22.2 Å². The Morgan fingerprint density at radius 3 is 2.85 bits per heavy atom. The Labute approximate surface area is 81.6 Å². The summed E-state index contributed by atoms with van der Waals surface area (Å²) in [5.74, 6) is 0. The number of rotatable bonds is 1. The zero-order valence-electron chi connectivity index (χ0n) is 7.42. The lowest BCUT2D eigenvalue weighted by Crippen LogP contribution is -1.88. The highest BCUT2D eigenvalue weighted by Crippen LogP contribution is 2.24. The van der Waals surface area contributed by atoms with Crippen molar-refractivity contribution in [1.29, 1.82) is 5.26 Å². The van der Waals surface area contributed by atoms with E-state index in [9.17, 15) is 4.79 Å². The van der Waals surface area contributed by atoms with Gasteiger partial charge in [0.05, 0.1) is 11.6 Å². The van der Waals surface area contributed by atoms with Gasteiger partial charge in [0.15, 0.2) is 5.12 Å². The molecule has 0 bridgehead atoms. The number of carbonyl (C=O) groups excluding carboxylic acids is 1. The molecule has 0 saturated carbocycles. The third-order valence-corrected chi connectivity index (χ3v) is 2.52. The number of nitriles is 1. The summed E-state index contributed by atoms with van der Waals surface area (Å²) in [6.45, 7) is 3.33. The van der Waals surface area contributed by atoms with Crippen LogP contribution in [0.5, 0.6) is 0 Å². The smallest absolute Gasteiger partial charge is 0.190 e. The molecule has 1 aromatic carbocycles. The van der Waals surface area contributed by atoms with Crippen LogP contribution in [-0.2, 0) is 4.79 Å². The molecule has 1 rings (SSSR count). The van der Waals surface area contributed by atoms with Gasteiger partial charge >= 0.3 is 0 Å². The van der Waals surface area contributed by atoms with Crippen molar-refractivity contribution in [2.45, 2.75) is 18.7 Å². The van der Waals surface area contributed by atoms with E-state index in [2.05, 4.69) is 12.1 Å². The molecule has 0 aliphatic carbocycles. The molecule has 0 aliphatic heterocycles. The Morgan fingerprint density at radius 1 is 1.62 bits per heavy atom. The van der Waals surface area contributed by atoms with Crippen LogP contribution in [0.2, 0.25) is 0 Å². The molecule has 0 saturated heterocycles. The van der Waals surface area contributed by atoms with Crippen LogP contribution in [-0.4, -0.2) is 5.12 Å². The average molecular weight is 190 g/mol. The molecule has 0 spiro atoms. The standard InChI is InChI=1S/C10H8NOS/c1-7-9(6-11)4-3-5-10(7)13-8(2)12/h4-5H,1-2H3. The van der Waals surface area contributed by atoms with E-state index in [0.29, 0.717) is 5.56 Å². The molecule has 0 N–H and O–H groups in total. The fraction of sp³-hybridized carbons (Fsp3) is 0.200. The summed E-state index contributed by atoms with van der Waals surface area (Å²) in [6.07, 6.45) is 0. The fourth-order valence-electron chi connectivity index (χ4n) is 0.927. The van der Waals surface area contributed by atoms with Crippen molar-refractivity contribution in [2.24, 2.45) is 0 Å². The Hall–Kier alpha value is -1.27. The Morgan fingerprint density at radius 2 is 2.31 bits per heavy atom. The molecule has 0 amide bonds. The first-order chi connectivity index (χ1) is 6.15. The lowest BCUT2D eigenvalue weighted by molar-refractivity contribution is -0.109. The van der Waals surface area contributed by atoms with E-state index in [4.69, 9.17) is 5.26 Å². The van der Waals surface area contributed by atoms with Gasteiger partial charge in [-0.2, -0.15) is 5.26 Å². The van der Waals surface area contributed by atoms with E-state index in [1.54, 1.807) is 12.1 Å². The van der Waals surface area contributed by atoms with Gasteiger partial charge in [-0.05, 0) is 30.7 Å². The normalized spacial score (nSPS) is 9.31. The minimum atomic E-state index is 0.0200. The first kappa shape index (κ1) is 9.82. The van der Waals surface area contributed by atoms with Crippen molar-refractivity contribution in [3.05, 3.63) is 29.3 Å². The molecule has 0 aliphatic rings. The van der Waals surface area contributed by atoms with Gasteiger partial charge in [-0.3, -0.25) is 4.79 Å². The van der Waals surface area contributed by atoms with Crippen LogP contribution in [0, 0.1) is 24.3 Å². The highest BCUT2D eigenvalue weighted by molar-refractivity contribution is 8.13. The van der Waals surface area contributed by atoms with Gasteiger partial charge in [-0.1, -0.05) is 11.8 Å². The lowest BCUT2D eigenvalue weighted by Gasteiger charge is -2.02. The summed E-state index contributed by atoms with van der Waals surface area (Å²) in [5, 5.41) is 8.73. The fourth-order valence-corrected chi connectivity index (χ4v) is 1.63. The maximum absolute atomic E-state index is 10.8. The minimum Gasteiger partial charge on any atom is -0.287 e. The molecule has 1 radical (unpaired) electrons. The first-order valence-electron chi connectivity index (χ1n) is 3.74. The molecule has 13 heavy (non-hydrogen) atoms. The number of hydrogen-bond donors (Lipinski definition) is 0. The van der Waals surface area contributed by atoms with Gasteiger partial charge in [-0.25, -0.2) is 0 Å². The van der Waals surface area contributed by atoms with Crippen LogP contribution in [0.25, 0.3) is 0 Å². The maximum atomic E-state index is 10.8. The number of benzene rings is 1. The lowest BCUT2D eigenvalue weighted by atomic mass is 10.1. The van der Waals surface area contributed by atoms with Crippen molar-refractivity contribution in [2.75, 3.05) is 0 Å². The van der Waals surface area contributed by atoms with Gasteiger partial charge < -0.3 is 0 Å². The topological polar surface area (TPSA) is 40.9 Å². The molecule has 0 unspecified atom stereocenters. The van der Waals surface area contributed by atoms with E-state index in [-0.39, 0.29) is 5.12 Å². The van der Waals surface area contributed by atoms with Crippen LogP contribution >= 0.6 is 11.8 Å². The van der Waals surface area contributed by atoms with Crippen molar-refractivity contribution in [3.63, 3.8) is 0 Å². The highest BCUT2D eigenvalue weighted by Gasteiger charge is 2.05. The van der Waals surface area contributed by atoms with Crippen molar-refractivity contribution < 1.29 is 4.79 Å². The van der Waals surface area contributed by atoms with E-state index in [1.165, 1.54) is 6.92 Å². The molecule has 0 fully saturated rings. The second-order valence-electron chi connectivity index (χ2n) is 2.56. The third-order valence-electron chi connectivity index (χ3n) is 1.59. The number of carbonyl (C=O) groups is 1. The number of nitrogens with zero attached hydrogens (tertiary/aromatic N) is 1. The molecular weight excluding hydrogens is 182 g/mol. The summed E-state index contributed by atoms with van der Waals surface area (Å²) in [4.78, 5) is 11.6. The summed E-state index contributed by atoms with van der Waals surface area (Å²) in [7, 11) is 0. The van der Waals surface area contributed by atoms with Crippen molar-refractivity contribution in [3.8, 4) is 6.07 Å². The molecule has 0 aromatic heterocycles. The zero-order chi connectivity index (χ0) is 9.84. The monoisotopic (exact) mass is 190 g/mol. The SMILES string of the molecule is CC(=O)Sc1c[c]cc(C#N)c1C. The van der Waals surface area contributed by atoms with Gasteiger partial charge in [0.1, 0.15) is 0 Å². The van der Waals surface area contributed by atoms with E-state index >= 15 is 0 Å². The molecule has 3 heteroatoms. The second-order valence-corrected chi connectivity index (χ2v) is 3.78.